The highest BCUT2D eigenvalue weighted by Gasteiger charge is 2.18. The standard InChI is InChI=1S/C11H10BrNO2/c1-7-9(12)8-5-3-4-6-13(8)10(7)11(14)15-2/h3-6H,1-2H3. The maximum absolute atomic E-state index is 11.6. The predicted molar refractivity (Wildman–Crippen MR) is 61.2 cm³/mol. The molecule has 0 aromatic carbocycles. The minimum atomic E-state index is -0.320. The third kappa shape index (κ3) is 1.45. The number of rotatable bonds is 1. The molecule has 0 radical (unpaired) electrons. The SMILES string of the molecule is COC(=O)c1c(C)c(Br)c2ccccn12. The molecule has 0 spiro atoms. The van der Waals surface area contributed by atoms with E-state index in [1.54, 1.807) is 0 Å². The predicted octanol–water partition coefficient (Wildman–Crippen LogP) is 2.80. The van der Waals surface area contributed by atoms with Gasteiger partial charge in [-0.25, -0.2) is 4.79 Å². The van der Waals surface area contributed by atoms with Gasteiger partial charge in [0, 0.05) is 10.7 Å². The molecule has 0 saturated heterocycles. The summed E-state index contributed by atoms with van der Waals surface area (Å²) in [5, 5.41) is 0. The molecule has 0 fully saturated rings. The van der Waals surface area contributed by atoms with Crippen LogP contribution in [0.5, 0.6) is 0 Å². The van der Waals surface area contributed by atoms with Gasteiger partial charge >= 0.3 is 5.97 Å². The number of methoxy groups -OCH3 is 1. The van der Waals surface area contributed by atoms with Crippen LogP contribution in [0.2, 0.25) is 0 Å². The number of esters is 1. The van der Waals surface area contributed by atoms with E-state index in [2.05, 4.69) is 15.9 Å². The fourth-order valence-corrected chi connectivity index (χ4v) is 2.15. The van der Waals surface area contributed by atoms with Gasteiger partial charge in [-0.05, 0) is 40.5 Å². The molecule has 0 saturated carbocycles. The number of ether oxygens (including phenoxy) is 1. The smallest absolute Gasteiger partial charge is 0.355 e. The maximum atomic E-state index is 11.6. The van der Waals surface area contributed by atoms with E-state index < -0.39 is 0 Å². The Kier molecular flexibility index (Phi) is 2.52. The summed E-state index contributed by atoms with van der Waals surface area (Å²) in [5.41, 5.74) is 2.43. The molecule has 4 heteroatoms. The van der Waals surface area contributed by atoms with Crippen LogP contribution < -0.4 is 0 Å². The highest BCUT2D eigenvalue weighted by atomic mass is 79.9. The monoisotopic (exact) mass is 267 g/mol. The van der Waals surface area contributed by atoms with E-state index in [9.17, 15) is 4.79 Å². The topological polar surface area (TPSA) is 30.7 Å². The van der Waals surface area contributed by atoms with Crippen LogP contribution >= 0.6 is 15.9 Å². The molecule has 2 rings (SSSR count). The lowest BCUT2D eigenvalue weighted by molar-refractivity contribution is 0.0592. The van der Waals surface area contributed by atoms with Gasteiger partial charge in [0.05, 0.1) is 12.6 Å². The molecule has 0 unspecified atom stereocenters. The lowest BCUT2D eigenvalue weighted by atomic mass is 10.3. The first-order valence-corrected chi connectivity index (χ1v) is 5.29. The van der Waals surface area contributed by atoms with Gasteiger partial charge in [0.2, 0.25) is 0 Å². The van der Waals surface area contributed by atoms with Crippen LogP contribution in [0, 0.1) is 6.92 Å². The van der Waals surface area contributed by atoms with Crippen molar-refractivity contribution in [3.05, 3.63) is 40.1 Å². The highest BCUT2D eigenvalue weighted by molar-refractivity contribution is 9.10. The minimum absolute atomic E-state index is 0.320. The molecule has 0 aliphatic carbocycles. The van der Waals surface area contributed by atoms with Gasteiger partial charge in [0.15, 0.2) is 0 Å². The Labute approximate surface area is 95.8 Å². The molecule has 0 aliphatic rings. The summed E-state index contributed by atoms with van der Waals surface area (Å²) in [4.78, 5) is 11.6. The molecular formula is C11H10BrNO2. The van der Waals surface area contributed by atoms with Gasteiger partial charge in [-0.1, -0.05) is 6.07 Å². The Morgan fingerprint density at radius 1 is 1.47 bits per heavy atom. The van der Waals surface area contributed by atoms with Gasteiger partial charge in [0.1, 0.15) is 5.69 Å². The van der Waals surface area contributed by atoms with E-state index >= 15 is 0 Å². The summed E-state index contributed by atoms with van der Waals surface area (Å²) in [6, 6.07) is 5.76. The molecule has 2 heterocycles. The van der Waals surface area contributed by atoms with E-state index in [1.807, 2.05) is 35.7 Å². The van der Waals surface area contributed by atoms with E-state index in [1.165, 1.54) is 7.11 Å². The number of aromatic nitrogens is 1. The zero-order valence-electron chi connectivity index (χ0n) is 8.45. The first-order valence-electron chi connectivity index (χ1n) is 4.50. The van der Waals surface area contributed by atoms with Crippen molar-refractivity contribution in [3.8, 4) is 0 Å². The molecule has 0 bridgehead atoms. The van der Waals surface area contributed by atoms with Crippen molar-refractivity contribution in [2.24, 2.45) is 0 Å². The van der Waals surface area contributed by atoms with Crippen LogP contribution in [0.3, 0.4) is 0 Å². The maximum Gasteiger partial charge on any atom is 0.355 e. The summed E-state index contributed by atoms with van der Waals surface area (Å²) < 4.78 is 7.52. The lowest BCUT2D eigenvalue weighted by Gasteiger charge is -2.00. The Bertz CT molecular complexity index is 531. The number of carbonyl (C=O) groups excluding carboxylic acids is 1. The number of halogens is 1. The summed E-state index contributed by atoms with van der Waals surface area (Å²) in [5.74, 6) is -0.320. The zero-order chi connectivity index (χ0) is 11.0. The Morgan fingerprint density at radius 3 is 2.87 bits per heavy atom. The van der Waals surface area contributed by atoms with Crippen molar-refractivity contribution in [3.63, 3.8) is 0 Å². The summed E-state index contributed by atoms with van der Waals surface area (Å²) >= 11 is 3.47. The average molecular weight is 268 g/mol. The molecule has 15 heavy (non-hydrogen) atoms. The van der Waals surface area contributed by atoms with Crippen LogP contribution in [-0.2, 0) is 4.74 Å². The van der Waals surface area contributed by atoms with Gasteiger partial charge in [0.25, 0.3) is 0 Å². The second-order valence-corrected chi connectivity index (χ2v) is 4.03. The molecule has 78 valence electrons. The molecule has 0 aliphatic heterocycles. The molecule has 0 atom stereocenters. The van der Waals surface area contributed by atoms with Crippen molar-refractivity contribution in [2.75, 3.05) is 7.11 Å². The number of pyridine rings is 1. The second-order valence-electron chi connectivity index (χ2n) is 3.24. The molecule has 2 aromatic heterocycles. The van der Waals surface area contributed by atoms with Crippen molar-refractivity contribution < 1.29 is 9.53 Å². The first-order chi connectivity index (χ1) is 7.16. The Balaban J connectivity index is 2.83. The van der Waals surface area contributed by atoms with Crippen LogP contribution in [-0.4, -0.2) is 17.5 Å². The van der Waals surface area contributed by atoms with Gasteiger partial charge < -0.3 is 9.14 Å². The van der Waals surface area contributed by atoms with Crippen molar-refractivity contribution in [2.45, 2.75) is 6.92 Å². The van der Waals surface area contributed by atoms with Crippen LogP contribution in [0.4, 0.5) is 0 Å². The van der Waals surface area contributed by atoms with E-state index in [0.717, 1.165) is 15.6 Å². The molecule has 0 amide bonds. The van der Waals surface area contributed by atoms with E-state index in [0.29, 0.717) is 5.69 Å². The number of fused-ring (bicyclic) bond motifs is 1. The van der Waals surface area contributed by atoms with Crippen LogP contribution in [0.1, 0.15) is 16.1 Å². The van der Waals surface area contributed by atoms with E-state index in [-0.39, 0.29) is 5.97 Å². The third-order valence-electron chi connectivity index (χ3n) is 2.39. The molecule has 3 nitrogen and oxygen atoms in total. The van der Waals surface area contributed by atoms with Crippen molar-refractivity contribution in [1.82, 2.24) is 4.40 Å². The minimum Gasteiger partial charge on any atom is -0.464 e. The van der Waals surface area contributed by atoms with Crippen LogP contribution in [0.15, 0.2) is 28.9 Å². The van der Waals surface area contributed by atoms with Crippen molar-refractivity contribution >= 4 is 27.4 Å². The summed E-state index contributed by atoms with van der Waals surface area (Å²) in [6.45, 7) is 1.89. The number of nitrogens with zero attached hydrogens (tertiary/aromatic N) is 1. The normalized spacial score (nSPS) is 10.6. The molecule has 0 N–H and O–H groups in total. The van der Waals surface area contributed by atoms with Gasteiger partial charge in [-0.15, -0.1) is 0 Å². The quantitative estimate of drug-likeness (QED) is 0.744. The number of hydrogen-bond donors (Lipinski definition) is 0. The molecule has 2 aromatic rings. The third-order valence-corrected chi connectivity index (χ3v) is 3.39. The second kappa shape index (κ2) is 3.70. The summed E-state index contributed by atoms with van der Waals surface area (Å²) in [7, 11) is 1.39. The first kappa shape index (κ1) is 10.2. The number of carbonyl (C=O) groups is 1. The van der Waals surface area contributed by atoms with Crippen LogP contribution in [0.25, 0.3) is 5.52 Å². The molecular weight excluding hydrogens is 258 g/mol. The fourth-order valence-electron chi connectivity index (χ4n) is 1.64. The van der Waals surface area contributed by atoms with Gasteiger partial charge in [-0.2, -0.15) is 0 Å². The fraction of sp³-hybridized carbons (Fsp3) is 0.182. The van der Waals surface area contributed by atoms with E-state index in [4.69, 9.17) is 4.74 Å². The lowest BCUT2D eigenvalue weighted by Crippen LogP contribution is -2.06. The Morgan fingerprint density at radius 2 is 2.20 bits per heavy atom. The number of hydrogen-bond acceptors (Lipinski definition) is 2. The largest absolute Gasteiger partial charge is 0.464 e. The van der Waals surface area contributed by atoms with Crippen molar-refractivity contribution in [1.29, 1.82) is 0 Å². The zero-order valence-corrected chi connectivity index (χ0v) is 10.0. The highest BCUT2D eigenvalue weighted by Crippen LogP contribution is 2.28. The Hall–Kier alpha value is -1.29. The van der Waals surface area contributed by atoms with Gasteiger partial charge in [-0.3, -0.25) is 0 Å². The summed E-state index contributed by atoms with van der Waals surface area (Å²) in [6.07, 6.45) is 1.85. The average Bonchev–Trinajstić information content (AvgIpc) is 2.52.